The number of hydrogen-bond donors (Lipinski definition) is 2. The Balaban J connectivity index is 2.05. The highest BCUT2D eigenvalue weighted by molar-refractivity contribution is 5.90. The third kappa shape index (κ3) is 9.95. The molecule has 33 heavy (non-hydrogen) atoms. The fourth-order valence-electron chi connectivity index (χ4n) is 4.44. The van der Waals surface area contributed by atoms with Crippen LogP contribution in [0.5, 0.6) is 0 Å². The highest BCUT2D eigenvalue weighted by Crippen LogP contribution is 2.30. The van der Waals surface area contributed by atoms with Gasteiger partial charge in [0.15, 0.2) is 5.78 Å². The molecule has 0 saturated heterocycles. The maximum absolute atomic E-state index is 13.2. The number of ether oxygens (including phenoxy) is 2. The number of hydrogen-bond acceptors (Lipinski definition) is 5. The Morgan fingerprint density at radius 1 is 1.09 bits per heavy atom. The average molecular weight is 462 g/mol. The lowest BCUT2D eigenvalue weighted by molar-refractivity contribution is -0.146. The van der Waals surface area contributed by atoms with Crippen LogP contribution < -0.4 is 5.32 Å². The van der Waals surface area contributed by atoms with Crippen LogP contribution in [0.3, 0.4) is 0 Å². The molecule has 0 radical (unpaired) electrons. The van der Waals surface area contributed by atoms with Gasteiger partial charge >= 0.3 is 12.1 Å². The van der Waals surface area contributed by atoms with Crippen molar-refractivity contribution in [1.82, 2.24) is 5.32 Å². The van der Waals surface area contributed by atoms with E-state index in [0.29, 0.717) is 12.3 Å². The molecule has 0 aliphatic heterocycles. The number of aliphatic carboxylic acids is 1. The van der Waals surface area contributed by atoms with Crippen molar-refractivity contribution in [3.8, 4) is 0 Å². The standard InChI is InChI=1S/C26H39NO6/c1-18(33-26(2,3)4)23(27-25(31)32-17-20-13-9-6-10-14-20)22(28)16-21(24(29)30)15-19-11-7-5-8-12-19/h6,9-10,13-14,18-19,21,23H,5,7-8,11-12,15-17H2,1-4H3,(H,27,31)(H,29,30)/t18?,21-,23+/m1/s1. The van der Waals surface area contributed by atoms with Crippen LogP contribution in [-0.4, -0.2) is 40.7 Å². The van der Waals surface area contributed by atoms with Gasteiger partial charge in [0.1, 0.15) is 12.6 Å². The minimum atomic E-state index is -0.999. The van der Waals surface area contributed by atoms with Gasteiger partial charge in [0, 0.05) is 6.42 Å². The van der Waals surface area contributed by atoms with Crippen LogP contribution in [-0.2, 0) is 25.7 Å². The zero-order chi connectivity index (χ0) is 24.4. The fraction of sp³-hybridized carbons (Fsp3) is 0.654. The molecule has 0 aromatic heterocycles. The molecule has 1 saturated carbocycles. The van der Waals surface area contributed by atoms with Gasteiger partial charge in [-0.1, -0.05) is 62.4 Å². The second-order valence-corrected chi connectivity index (χ2v) is 10.1. The highest BCUT2D eigenvalue weighted by atomic mass is 16.5. The van der Waals surface area contributed by atoms with Gasteiger partial charge in [0.2, 0.25) is 0 Å². The second kappa shape index (κ2) is 12.7. The zero-order valence-electron chi connectivity index (χ0n) is 20.3. The van der Waals surface area contributed by atoms with E-state index in [2.05, 4.69) is 5.32 Å². The number of ketones is 1. The molecule has 1 aliphatic carbocycles. The van der Waals surface area contributed by atoms with E-state index >= 15 is 0 Å². The van der Waals surface area contributed by atoms with Crippen LogP contribution in [0.2, 0.25) is 0 Å². The molecule has 0 spiro atoms. The lowest BCUT2D eigenvalue weighted by Crippen LogP contribution is -2.51. The minimum Gasteiger partial charge on any atom is -0.481 e. The van der Waals surface area contributed by atoms with Crippen molar-refractivity contribution >= 4 is 17.8 Å². The SMILES string of the molecule is CC(OC(C)(C)C)[C@H](NC(=O)OCc1ccccc1)C(=O)C[C@@H](CC1CCCCC1)C(=O)O. The smallest absolute Gasteiger partial charge is 0.408 e. The first-order valence-electron chi connectivity index (χ1n) is 12.0. The van der Waals surface area contributed by atoms with E-state index in [0.717, 1.165) is 31.2 Å². The number of carboxylic acid groups (broad SMARTS) is 1. The Morgan fingerprint density at radius 3 is 2.30 bits per heavy atom. The van der Waals surface area contributed by atoms with Crippen LogP contribution >= 0.6 is 0 Å². The Hall–Kier alpha value is -2.41. The molecule has 7 nitrogen and oxygen atoms in total. The molecule has 1 fully saturated rings. The van der Waals surface area contributed by atoms with Gasteiger partial charge in [-0.2, -0.15) is 0 Å². The van der Waals surface area contributed by atoms with Gasteiger partial charge in [0.25, 0.3) is 0 Å². The van der Waals surface area contributed by atoms with E-state index < -0.39 is 35.7 Å². The molecule has 3 atom stereocenters. The molecule has 1 amide bonds. The molecule has 1 aromatic rings. The molecule has 1 unspecified atom stereocenters. The van der Waals surface area contributed by atoms with Gasteiger partial charge in [-0.25, -0.2) is 4.79 Å². The normalized spacial score (nSPS) is 17.6. The van der Waals surface area contributed by atoms with Crippen LogP contribution in [0, 0.1) is 11.8 Å². The number of carbonyl (C=O) groups is 3. The summed E-state index contributed by atoms with van der Waals surface area (Å²) in [4.78, 5) is 37.6. The van der Waals surface area contributed by atoms with Crippen molar-refractivity contribution in [3.63, 3.8) is 0 Å². The summed E-state index contributed by atoms with van der Waals surface area (Å²) in [5, 5.41) is 12.4. The second-order valence-electron chi connectivity index (χ2n) is 10.1. The summed E-state index contributed by atoms with van der Waals surface area (Å²) >= 11 is 0. The van der Waals surface area contributed by atoms with Crippen molar-refractivity contribution in [1.29, 1.82) is 0 Å². The van der Waals surface area contributed by atoms with Gasteiger partial charge in [-0.3, -0.25) is 9.59 Å². The average Bonchev–Trinajstić information content (AvgIpc) is 2.75. The monoisotopic (exact) mass is 461 g/mol. The number of amides is 1. The number of alkyl carbamates (subject to hydrolysis) is 1. The summed E-state index contributed by atoms with van der Waals surface area (Å²) in [6.45, 7) is 7.37. The van der Waals surface area contributed by atoms with Crippen LogP contribution in [0.15, 0.2) is 30.3 Å². The summed E-state index contributed by atoms with van der Waals surface area (Å²) < 4.78 is 11.2. The summed E-state index contributed by atoms with van der Waals surface area (Å²) in [7, 11) is 0. The predicted molar refractivity (Wildman–Crippen MR) is 126 cm³/mol. The van der Waals surface area contributed by atoms with E-state index in [1.165, 1.54) is 6.42 Å². The molecule has 2 N–H and O–H groups in total. The van der Waals surface area contributed by atoms with E-state index in [1.807, 2.05) is 51.1 Å². The van der Waals surface area contributed by atoms with Crippen LogP contribution in [0.25, 0.3) is 0 Å². The van der Waals surface area contributed by atoms with Crippen molar-refractivity contribution in [3.05, 3.63) is 35.9 Å². The summed E-state index contributed by atoms with van der Waals surface area (Å²) in [5.74, 6) is -1.76. The molecule has 1 aliphatic rings. The van der Waals surface area contributed by atoms with Crippen molar-refractivity contribution < 1.29 is 29.0 Å². The lowest BCUT2D eigenvalue weighted by Gasteiger charge is -2.31. The number of carboxylic acids is 1. The quantitative estimate of drug-likeness (QED) is 0.474. The number of benzene rings is 1. The van der Waals surface area contributed by atoms with Crippen molar-refractivity contribution in [2.24, 2.45) is 11.8 Å². The molecule has 1 aromatic carbocycles. The van der Waals surface area contributed by atoms with Gasteiger partial charge in [0.05, 0.1) is 17.6 Å². The first-order valence-corrected chi connectivity index (χ1v) is 12.0. The number of carbonyl (C=O) groups excluding carboxylic acids is 2. The summed E-state index contributed by atoms with van der Waals surface area (Å²) in [6.07, 6.45) is 4.38. The van der Waals surface area contributed by atoms with Crippen LogP contribution in [0.4, 0.5) is 4.79 Å². The highest BCUT2D eigenvalue weighted by Gasteiger charge is 2.34. The topological polar surface area (TPSA) is 102 Å². The molecular formula is C26H39NO6. The van der Waals surface area contributed by atoms with Gasteiger partial charge in [-0.05, 0) is 45.6 Å². The number of nitrogens with one attached hydrogen (secondary N) is 1. The van der Waals surface area contributed by atoms with Crippen LogP contribution in [0.1, 0.15) is 78.2 Å². The van der Waals surface area contributed by atoms with E-state index in [4.69, 9.17) is 9.47 Å². The third-order valence-electron chi connectivity index (χ3n) is 5.98. The Morgan fingerprint density at radius 2 is 1.73 bits per heavy atom. The van der Waals surface area contributed by atoms with E-state index in [1.54, 1.807) is 6.92 Å². The Labute approximate surface area is 197 Å². The molecule has 2 rings (SSSR count). The Bertz CT molecular complexity index is 767. The summed E-state index contributed by atoms with van der Waals surface area (Å²) in [5.41, 5.74) is 0.287. The Kier molecular flexibility index (Phi) is 10.4. The molecular weight excluding hydrogens is 422 g/mol. The molecule has 7 heteroatoms. The first-order chi connectivity index (χ1) is 15.5. The maximum atomic E-state index is 13.2. The van der Waals surface area contributed by atoms with E-state index in [-0.39, 0.29) is 18.8 Å². The zero-order valence-corrected chi connectivity index (χ0v) is 20.3. The number of rotatable bonds is 11. The third-order valence-corrected chi connectivity index (χ3v) is 5.98. The number of Topliss-reactive ketones (excluding diaryl/α,β-unsaturated/α-hetero) is 1. The van der Waals surface area contributed by atoms with E-state index in [9.17, 15) is 19.5 Å². The van der Waals surface area contributed by atoms with Gasteiger partial charge < -0.3 is 19.9 Å². The molecule has 184 valence electrons. The predicted octanol–water partition coefficient (Wildman–Crippen LogP) is 5.12. The maximum Gasteiger partial charge on any atom is 0.408 e. The first kappa shape index (κ1) is 26.8. The molecule has 0 bridgehead atoms. The largest absolute Gasteiger partial charge is 0.481 e. The lowest BCUT2D eigenvalue weighted by atomic mass is 9.81. The fourth-order valence-corrected chi connectivity index (χ4v) is 4.44. The van der Waals surface area contributed by atoms with Gasteiger partial charge in [-0.15, -0.1) is 0 Å². The van der Waals surface area contributed by atoms with Crippen molar-refractivity contribution in [2.75, 3.05) is 0 Å². The molecule has 0 heterocycles. The minimum absolute atomic E-state index is 0.0710. The van der Waals surface area contributed by atoms with Crippen molar-refractivity contribution in [2.45, 2.75) is 97.0 Å². The summed E-state index contributed by atoms with van der Waals surface area (Å²) in [6, 6.07) is 8.24.